The molecule has 0 saturated carbocycles. The molecule has 1 aromatic heterocycles. The summed E-state index contributed by atoms with van der Waals surface area (Å²) in [5.74, 6) is -0.940. The molecule has 0 radical (unpaired) electrons. The van der Waals surface area contributed by atoms with Gasteiger partial charge in [-0.2, -0.15) is 13.2 Å². The van der Waals surface area contributed by atoms with Gasteiger partial charge in [-0.15, -0.1) is 10.2 Å². The molecule has 0 unspecified atom stereocenters. The van der Waals surface area contributed by atoms with Crippen LogP contribution in [0.3, 0.4) is 0 Å². The fourth-order valence-electron chi connectivity index (χ4n) is 1.32. The van der Waals surface area contributed by atoms with Crippen LogP contribution >= 0.6 is 23.1 Å². The van der Waals surface area contributed by atoms with Crippen molar-refractivity contribution in [3.63, 3.8) is 0 Å². The molecule has 0 fully saturated rings. The number of alkyl halides is 3. The fourth-order valence-corrected chi connectivity index (χ4v) is 3.01. The van der Waals surface area contributed by atoms with Gasteiger partial charge < -0.3 is 5.11 Å². The van der Waals surface area contributed by atoms with E-state index in [1.807, 2.05) is 0 Å². The number of carbonyl (C=O) groups is 1. The van der Waals surface area contributed by atoms with E-state index >= 15 is 0 Å². The molecule has 9 heteroatoms. The van der Waals surface area contributed by atoms with Crippen molar-refractivity contribution < 1.29 is 23.1 Å². The number of nitrogens with zero attached hydrogens (tertiary/aromatic N) is 2. The quantitative estimate of drug-likeness (QED) is 0.936. The third kappa shape index (κ3) is 3.94. The van der Waals surface area contributed by atoms with Crippen molar-refractivity contribution >= 4 is 29.1 Å². The first-order chi connectivity index (χ1) is 9.34. The van der Waals surface area contributed by atoms with Crippen LogP contribution in [0.25, 0.3) is 0 Å². The number of benzene rings is 1. The Hall–Kier alpha value is -1.61. The Balaban J connectivity index is 2.06. The van der Waals surface area contributed by atoms with Crippen molar-refractivity contribution in [2.45, 2.75) is 21.8 Å². The predicted octanol–water partition coefficient (Wildman–Crippen LogP) is 3.34. The first-order valence-electron chi connectivity index (χ1n) is 5.24. The molecule has 0 aliphatic carbocycles. The standard InChI is InChI=1S/C11H7F3N2O2S2/c12-11(13,14)9-15-16-10(20-9)19-7-3-1-6(2-4-7)5-8(17)18/h1-4H,5H2,(H,17,18). The highest BCUT2D eigenvalue weighted by molar-refractivity contribution is 8.01. The smallest absolute Gasteiger partial charge is 0.445 e. The maximum Gasteiger partial charge on any atom is 0.445 e. The summed E-state index contributed by atoms with van der Waals surface area (Å²) in [6.45, 7) is 0. The van der Waals surface area contributed by atoms with Gasteiger partial charge in [0.05, 0.1) is 6.42 Å². The minimum atomic E-state index is -4.48. The van der Waals surface area contributed by atoms with E-state index in [1.165, 1.54) is 0 Å². The van der Waals surface area contributed by atoms with Gasteiger partial charge in [0, 0.05) is 4.90 Å². The van der Waals surface area contributed by atoms with Crippen LogP contribution in [-0.4, -0.2) is 21.3 Å². The van der Waals surface area contributed by atoms with Crippen LogP contribution in [-0.2, 0) is 17.4 Å². The first kappa shape index (κ1) is 14.8. The lowest BCUT2D eigenvalue weighted by atomic mass is 10.2. The molecular weight excluding hydrogens is 313 g/mol. The molecule has 0 atom stereocenters. The predicted molar refractivity (Wildman–Crippen MR) is 66.8 cm³/mol. The fraction of sp³-hybridized carbons (Fsp3) is 0.182. The van der Waals surface area contributed by atoms with Gasteiger partial charge in [-0.1, -0.05) is 35.2 Å². The van der Waals surface area contributed by atoms with Crippen molar-refractivity contribution in [2.24, 2.45) is 0 Å². The van der Waals surface area contributed by atoms with Crippen LogP contribution in [0.1, 0.15) is 10.6 Å². The van der Waals surface area contributed by atoms with E-state index in [0.29, 0.717) is 21.8 Å². The zero-order chi connectivity index (χ0) is 14.8. The summed E-state index contributed by atoms with van der Waals surface area (Å²) in [4.78, 5) is 11.2. The molecule has 0 aliphatic heterocycles. The summed E-state index contributed by atoms with van der Waals surface area (Å²) in [5, 5.41) is 14.2. The molecule has 0 bridgehead atoms. The van der Waals surface area contributed by atoms with E-state index in [0.717, 1.165) is 11.8 Å². The summed E-state index contributed by atoms with van der Waals surface area (Å²) in [7, 11) is 0. The van der Waals surface area contributed by atoms with E-state index in [1.54, 1.807) is 24.3 Å². The molecule has 1 heterocycles. The SMILES string of the molecule is O=C(O)Cc1ccc(Sc2nnc(C(F)(F)F)s2)cc1. The van der Waals surface area contributed by atoms with E-state index < -0.39 is 17.2 Å². The number of halogens is 3. The van der Waals surface area contributed by atoms with Crippen molar-refractivity contribution in [3.05, 3.63) is 34.8 Å². The molecule has 0 aliphatic rings. The van der Waals surface area contributed by atoms with E-state index in [2.05, 4.69) is 10.2 Å². The summed E-state index contributed by atoms with van der Waals surface area (Å²) >= 11 is 1.52. The lowest BCUT2D eigenvalue weighted by Gasteiger charge is -2.00. The summed E-state index contributed by atoms with van der Waals surface area (Å²) in [5.41, 5.74) is 0.620. The Labute approximate surface area is 119 Å². The number of aliphatic carboxylic acids is 1. The topological polar surface area (TPSA) is 63.1 Å². The van der Waals surface area contributed by atoms with Gasteiger partial charge in [0.25, 0.3) is 0 Å². The van der Waals surface area contributed by atoms with Crippen LogP contribution in [0.2, 0.25) is 0 Å². The summed E-state index contributed by atoms with van der Waals surface area (Å²) in [6.07, 6.45) is -4.58. The van der Waals surface area contributed by atoms with Gasteiger partial charge in [0.1, 0.15) is 0 Å². The second kappa shape index (κ2) is 5.80. The largest absolute Gasteiger partial charge is 0.481 e. The highest BCUT2D eigenvalue weighted by atomic mass is 32.2. The molecular formula is C11H7F3N2O2S2. The monoisotopic (exact) mass is 320 g/mol. The number of aromatic nitrogens is 2. The lowest BCUT2D eigenvalue weighted by molar-refractivity contribution is -0.138. The van der Waals surface area contributed by atoms with Gasteiger partial charge in [-0.3, -0.25) is 4.79 Å². The molecule has 4 nitrogen and oxygen atoms in total. The van der Waals surface area contributed by atoms with Gasteiger partial charge in [0.2, 0.25) is 5.01 Å². The van der Waals surface area contributed by atoms with Gasteiger partial charge >= 0.3 is 12.1 Å². The first-order valence-corrected chi connectivity index (χ1v) is 6.87. The molecule has 1 aromatic carbocycles. The van der Waals surface area contributed by atoms with Crippen LogP contribution in [0.5, 0.6) is 0 Å². The Bertz CT molecular complexity index is 611. The van der Waals surface area contributed by atoms with Crippen LogP contribution in [0, 0.1) is 0 Å². The zero-order valence-electron chi connectivity index (χ0n) is 9.72. The normalized spacial score (nSPS) is 11.6. The molecule has 0 amide bonds. The minimum Gasteiger partial charge on any atom is -0.481 e. The number of hydrogen-bond acceptors (Lipinski definition) is 5. The molecule has 2 rings (SSSR count). The minimum absolute atomic E-state index is 0.0953. The Morgan fingerprint density at radius 2 is 1.90 bits per heavy atom. The number of carboxylic acid groups (broad SMARTS) is 1. The Kier molecular flexibility index (Phi) is 4.29. The van der Waals surface area contributed by atoms with Crippen molar-refractivity contribution in [1.29, 1.82) is 0 Å². The average Bonchev–Trinajstić information content (AvgIpc) is 2.79. The Morgan fingerprint density at radius 3 is 2.40 bits per heavy atom. The molecule has 0 saturated heterocycles. The van der Waals surface area contributed by atoms with Crippen LogP contribution in [0.15, 0.2) is 33.5 Å². The molecule has 0 spiro atoms. The molecule has 2 aromatic rings. The third-order valence-electron chi connectivity index (χ3n) is 2.13. The highest BCUT2D eigenvalue weighted by Crippen LogP contribution is 2.36. The zero-order valence-corrected chi connectivity index (χ0v) is 11.3. The van der Waals surface area contributed by atoms with Gasteiger partial charge in [-0.25, -0.2) is 0 Å². The van der Waals surface area contributed by atoms with E-state index in [9.17, 15) is 18.0 Å². The lowest BCUT2D eigenvalue weighted by Crippen LogP contribution is -2.03. The summed E-state index contributed by atoms with van der Waals surface area (Å²) in [6, 6.07) is 6.50. The van der Waals surface area contributed by atoms with Crippen molar-refractivity contribution in [2.75, 3.05) is 0 Å². The van der Waals surface area contributed by atoms with Crippen LogP contribution in [0.4, 0.5) is 13.2 Å². The average molecular weight is 320 g/mol. The third-order valence-corrected chi connectivity index (χ3v) is 4.16. The van der Waals surface area contributed by atoms with Crippen molar-refractivity contribution in [1.82, 2.24) is 10.2 Å². The number of carboxylic acids is 1. The molecule has 1 N–H and O–H groups in total. The van der Waals surface area contributed by atoms with Crippen molar-refractivity contribution in [3.8, 4) is 0 Å². The second-order valence-electron chi connectivity index (χ2n) is 3.69. The highest BCUT2D eigenvalue weighted by Gasteiger charge is 2.35. The summed E-state index contributed by atoms with van der Waals surface area (Å²) < 4.78 is 37.3. The van der Waals surface area contributed by atoms with E-state index in [-0.39, 0.29) is 10.8 Å². The van der Waals surface area contributed by atoms with Crippen LogP contribution < -0.4 is 0 Å². The van der Waals surface area contributed by atoms with E-state index in [4.69, 9.17) is 5.11 Å². The molecule has 20 heavy (non-hydrogen) atoms. The second-order valence-corrected chi connectivity index (χ2v) is 5.99. The molecule has 106 valence electrons. The maximum absolute atomic E-state index is 12.4. The Morgan fingerprint density at radius 1 is 1.25 bits per heavy atom. The number of hydrogen-bond donors (Lipinski definition) is 1. The number of rotatable bonds is 4. The van der Waals surface area contributed by atoms with Gasteiger partial charge in [0.15, 0.2) is 4.34 Å². The maximum atomic E-state index is 12.4. The van der Waals surface area contributed by atoms with Gasteiger partial charge in [-0.05, 0) is 17.7 Å².